The molecule has 138 valence electrons. The van der Waals surface area contributed by atoms with Crippen molar-refractivity contribution < 1.29 is 19.1 Å². The lowest BCUT2D eigenvalue weighted by Gasteiger charge is -2.40. The van der Waals surface area contributed by atoms with Gasteiger partial charge < -0.3 is 19.3 Å². The van der Waals surface area contributed by atoms with Crippen molar-refractivity contribution in [2.45, 2.75) is 39.3 Å². The van der Waals surface area contributed by atoms with Crippen molar-refractivity contribution >= 4 is 27.9 Å². The predicted molar refractivity (Wildman–Crippen MR) is 98.6 cm³/mol. The monoisotopic (exact) mass is 412 g/mol. The van der Waals surface area contributed by atoms with E-state index in [-0.39, 0.29) is 24.6 Å². The maximum atomic E-state index is 12.4. The van der Waals surface area contributed by atoms with Gasteiger partial charge in [-0.25, -0.2) is 4.79 Å². The summed E-state index contributed by atoms with van der Waals surface area (Å²) in [6.45, 7) is 8.83. The van der Waals surface area contributed by atoms with Crippen molar-refractivity contribution in [3.05, 3.63) is 28.7 Å². The zero-order valence-corrected chi connectivity index (χ0v) is 16.7. The van der Waals surface area contributed by atoms with Crippen LogP contribution >= 0.6 is 15.9 Å². The highest BCUT2D eigenvalue weighted by Gasteiger charge is 2.32. The van der Waals surface area contributed by atoms with Crippen LogP contribution in [-0.2, 0) is 9.53 Å². The number of piperazine rings is 1. The lowest BCUT2D eigenvalue weighted by atomic mass is 10.2. The topological polar surface area (TPSA) is 59.1 Å². The second-order valence-electron chi connectivity index (χ2n) is 7.11. The first kappa shape index (κ1) is 19.6. The van der Waals surface area contributed by atoms with Crippen LogP contribution in [0.1, 0.15) is 27.7 Å². The molecular weight excluding hydrogens is 388 g/mol. The average Bonchev–Trinajstić information content (AvgIpc) is 2.50. The molecule has 0 aliphatic carbocycles. The van der Waals surface area contributed by atoms with E-state index in [4.69, 9.17) is 9.47 Å². The van der Waals surface area contributed by atoms with Gasteiger partial charge in [0.25, 0.3) is 5.91 Å². The number of ether oxygens (including phenoxy) is 2. The van der Waals surface area contributed by atoms with E-state index in [1.807, 2.05) is 45.9 Å². The number of halogens is 1. The van der Waals surface area contributed by atoms with Gasteiger partial charge in [-0.15, -0.1) is 0 Å². The summed E-state index contributed by atoms with van der Waals surface area (Å²) < 4.78 is 11.9. The first-order chi connectivity index (χ1) is 11.7. The third-order valence-electron chi connectivity index (χ3n) is 3.77. The largest absolute Gasteiger partial charge is 0.484 e. The molecule has 1 fully saturated rings. The standard InChI is InChI=1S/C18H25BrN2O4/c1-13-11-20(8-9-21(13)17(23)25-18(2,3)4)16(22)12-24-15-7-5-6-14(19)10-15/h5-7,10,13H,8-9,11-12H2,1-4H3/t13-/m1/s1. The van der Waals surface area contributed by atoms with Crippen molar-refractivity contribution in [1.29, 1.82) is 0 Å². The summed E-state index contributed by atoms with van der Waals surface area (Å²) in [7, 11) is 0. The summed E-state index contributed by atoms with van der Waals surface area (Å²) >= 11 is 3.37. The Balaban J connectivity index is 1.85. The van der Waals surface area contributed by atoms with E-state index in [2.05, 4.69) is 15.9 Å². The molecule has 1 aromatic carbocycles. The fraction of sp³-hybridized carbons (Fsp3) is 0.556. The molecule has 0 bridgehead atoms. The molecule has 0 unspecified atom stereocenters. The van der Waals surface area contributed by atoms with E-state index in [9.17, 15) is 9.59 Å². The molecule has 6 nitrogen and oxygen atoms in total. The lowest BCUT2D eigenvalue weighted by molar-refractivity contribution is -0.136. The maximum Gasteiger partial charge on any atom is 0.410 e. The zero-order valence-electron chi connectivity index (χ0n) is 15.1. The maximum absolute atomic E-state index is 12.4. The van der Waals surface area contributed by atoms with Crippen molar-refractivity contribution in [2.24, 2.45) is 0 Å². The van der Waals surface area contributed by atoms with Crippen LogP contribution in [0.4, 0.5) is 4.79 Å². The smallest absolute Gasteiger partial charge is 0.410 e. The number of amides is 2. The minimum absolute atomic E-state index is 0.0182. The number of carbonyl (C=O) groups excluding carboxylic acids is 2. The van der Waals surface area contributed by atoms with Crippen LogP contribution in [-0.4, -0.2) is 59.7 Å². The Labute approximate surface area is 157 Å². The molecule has 1 aliphatic heterocycles. The molecular formula is C18H25BrN2O4. The Morgan fingerprint density at radius 1 is 1.28 bits per heavy atom. The number of hydrogen-bond donors (Lipinski definition) is 0. The van der Waals surface area contributed by atoms with Crippen LogP contribution in [0.15, 0.2) is 28.7 Å². The zero-order chi connectivity index (χ0) is 18.6. The molecule has 0 spiro atoms. The van der Waals surface area contributed by atoms with E-state index in [1.54, 1.807) is 15.9 Å². The van der Waals surface area contributed by atoms with Gasteiger partial charge in [0.05, 0.1) is 0 Å². The Morgan fingerprint density at radius 3 is 2.60 bits per heavy atom. The number of nitrogens with zero attached hydrogens (tertiary/aromatic N) is 2. The van der Waals surface area contributed by atoms with Crippen LogP contribution in [0.2, 0.25) is 0 Å². The number of hydrogen-bond acceptors (Lipinski definition) is 4. The van der Waals surface area contributed by atoms with Crippen LogP contribution < -0.4 is 4.74 Å². The summed E-state index contributed by atoms with van der Waals surface area (Å²) in [5.41, 5.74) is -0.526. The van der Waals surface area contributed by atoms with Gasteiger partial charge in [-0.3, -0.25) is 4.79 Å². The SMILES string of the molecule is C[C@@H]1CN(C(=O)COc2cccc(Br)c2)CCN1C(=O)OC(C)(C)C. The first-order valence-electron chi connectivity index (χ1n) is 8.31. The number of rotatable bonds is 3. The molecule has 25 heavy (non-hydrogen) atoms. The van der Waals surface area contributed by atoms with Gasteiger partial charge in [-0.1, -0.05) is 22.0 Å². The van der Waals surface area contributed by atoms with Gasteiger partial charge in [-0.05, 0) is 45.9 Å². The van der Waals surface area contributed by atoms with Crippen molar-refractivity contribution in [3.8, 4) is 5.75 Å². The summed E-state index contributed by atoms with van der Waals surface area (Å²) in [6.07, 6.45) is -0.336. The number of carbonyl (C=O) groups is 2. The molecule has 0 radical (unpaired) electrons. The second-order valence-corrected chi connectivity index (χ2v) is 8.02. The van der Waals surface area contributed by atoms with Crippen LogP contribution in [0.3, 0.4) is 0 Å². The molecule has 1 aromatic rings. The van der Waals surface area contributed by atoms with Crippen molar-refractivity contribution in [2.75, 3.05) is 26.2 Å². The van der Waals surface area contributed by atoms with Gasteiger partial charge in [0.2, 0.25) is 0 Å². The van der Waals surface area contributed by atoms with E-state index in [0.29, 0.717) is 25.4 Å². The molecule has 1 atom stereocenters. The quantitative estimate of drug-likeness (QED) is 0.763. The Morgan fingerprint density at radius 2 is 2.00 bits per heavy atom. The first-order valence-corrected chi connectivity index (χ1v) is 9.11. The van der Waals surface area contributed by atoms with E-state index in [1.165, 1.54) is 0 Å². The molecule has 1 saturated heterocycles. The predicted octanol–water partition coefficient (Wildman–Crippen LogP) is 3.30. The molecule has 1 heterocycles. The van der Waals surface area contributed by atoms with Crippen molar-refractivity contribution in [1.82, 2.24) is 9.80 Å². The second kappa shape index (κ2) is 8.08. The highest BCUT2D eigenvalue weighted by atomic mass is 79.9. The summed E-state index contributed by atoms with van der Waals surface area (Å²) in [4.78, 5) is 28.0. The normalized spacial score (nSPS) is 18.0. The Hall–Kier alpha value is -1.76. The third kappa shape index (κ3) is 5.92. The van der Waals surface area contributed by atoms with Crippen LogP contribution in [0, 0.1) is 0 Å². The Bertz CT molecular complexity index is 630. The highest BCUT2D eigenvalue weighted by Crippen LogP contribution is 2.19. The van der Waals surface area contributed by atoms with E-state index >= 15 is 0 Å². The molecule has 0 N–H and O–H groups in total. The van der Waals surface area contributed by atoms with Gasteiger partial charge in [0, 0.05) is 30.1 Å². The number of benzene rings is 1. The van der Waals surface area contributed by atoms with Crippen LogP contribution in [0.5, 0.6) is 5.75 Å². The van der Waals surface area contributed by atoms with Gasteiger partial charge in [0.1, 0.15) is 11.4 Å². The molecule has 0 saturated carbocycles. The van der Waals surface area contributed by atoms with Crippen molar-refractivity contribution in [3.63, 3.8) is 0 Å². The highest BCUT2D eigenvalue weighted by molar-refractivity contribution is 9.10. The van der Waals surface area contributed by atoms with E-state index < -0.39 is 5.60 Å². The molecule has 2 amide bonds. The Kier molecular flexibility index (Phi) is 6.32. The van der Waals surface area contributed by atoms with E-state index in [0.717, 1.165) is 4.47 Å². The molecule has 0 aromatic heterocycles. The lowest BCUT2D eigenvalue weighted by Crippen LogP contribution is -2.56. The van der Waals surface area contributed by atoms with Gasteiger partial charge >= 0.3 is 6.09 Å². The van der Waals surface area contributed by atoms with Gasteiger partial charge in [0.15, 0.2) is 6.61 Å². The third-order valence-corrected chi connectivity index (χ3v) is 4.26. The van der Waals surface area contributed by atoms with Gasteiger partial charge in [-0.2, -0.15) is 0 Å². The summed E-state index contributed by atoms with van der Waals surface area (Å²) in [5, 5.41) is 0. The fourth-order valence-electron chi connectivity index (χ4n) is 2.57. The molecule has 7 heteroatoms. The average molecular weight is 413 g/mol. The fourth-order valence-corrected chi connectivity index (χ4v) is 2.95. The summed E-state index contributed by atoms with van der Waals surface area (Å²) in [6, 6.07) is 7.27. The molecule has 2 rings (SSSR count). The summed E-state index contributed by atoms with van der Waals surface area (Å²) in [5.74, 6) is 0.554. The minimum atomic E-state index is -0.526. The molecule has 1 aliphatic rings. The van der Waals surface area contributed by atoms with Crippen LogP contribution in [0.25, 0.3) is 0 Å². The minimum Gasteiger partial charge on any atom is -0.484 e.